The van der Waals surface area contributed by atoms with Gasteiger partial charge in [-0.1, -0.05) is 59.7 Å². The smallest absolute Gasteiger partial charge is 0.0724 e. The van der Waals surface area contributed by atoms with E-state index in [1.165, 1.54) is 60.0 Å². The van der Waals surface area contributed by atoms with E-state index in [4.69, 9.17) is 4.98 Å². The van der Waals surface area contributed by atoms with Crippen LogP contribution in [-0.2, 0) is 0 Å². The fraction of sp³-hybridized carbons (Fsp3) is 0.107. The molecule has 5 aromatic carbocycles. The van der Waals surface area contributed by atoms with Crippen LogP contribution in [0.2, 0.25) is 0 Å². The van der Waals surface area contributed by atoms with Gasteiger partial charge in [-0.3, -0.25) is 0 Å². The van der Waals surface area contributed by atoms with E-state index in [1.54, 1.807) is 0 Å². The summed E-state index contributed by atoms with van der Waals surface area (Å²) in [4.78, 5) is 5.13. The van der Waals surface area contributed by atoms with Gasteiger partial charge < -0.3 is 0 Å². The van der Waals surface area contributed by atoms with Crippen molar-refractivity contribution in [1.82, 2.24) is 4.98 Å². The van der Waals surface area contributed by atoms with Gasteiger partial charge >= 0.3 is 0 Å². The molecule has 0 spiro atoms. The molecule has 0 unspecified atom stereocenters. The molecule has 1 heteroatoms. The lowest BCUT2D eigenvalue weighted by atomic mass is 9.89. The standard InChI is InChI=1S/C28H21N/c1-16-10-17(2)12-20(11-16)25-15-24-22-9-5-7-19-6-4-8-21(27(19)22)23-13-18(3)14-26(29-25)28(23)24/h4-15H,1-3H3. The second-order valence-electron chi connectivity index (χ2n) is 8.35. The van der Waals surface area contributed by atoms with E-state index < -0.39 is 0 Å². The van der Waals surface area contributed by atoms with Gasteiger partial charge in [0.05, 0.1) is 11.2 Å². The van der Waals surface area contributed by atoms with E-state index in [0.29, 0.717) is 0 Å². The zero-order valence-corrected chi connectivity index (χ0v) is 16.9. The Bertz CT molecular complexity index is 1550. The molecule has 0 radical (unpaired) electrons. The highest BCUT2D eigenvalue weighted by atomic mass is 14.7. The molecule has 0 fully saturated rings. The van der Waals surface area contributed by atoms with Crippen molar-refractivity contribution in [2.75, 3.05) is 0 Å². The van der Waals surface area contributed by atoms with Crippen molar-refractivity contribution in [2.45, 2.75) is 20.8 Å². The van der Waals surface area contributed by atoms with Gasteiger partial charge in [0.2, 0.25) is 0 Å². The molecule has 0 aliphatic carbocycles. The van der Waals surface area contributed by atoms with Gasteiger partial charge in [0.25, 0.3) is 0 Å². The fourth-order valence-electron chi connectivity index (χ4n) is 4.99. The first kappa shape index (κ1) is 16.5. The molecule has 29 heavy (non-hydrogen) atoms. The molecular formula is C28H21N. The van der Waals surface area contributed by atoms with Crippen molar-refractivity contribution >= 4 is 43.2 Å². The molecule has 0 aliphatic rings. The Morgan fingerprint density at radius 2 is 1.17 bits per heavy atom. The average molecular weight is 371 g/mol. The minimum atomic E-state index is 1.05. The Balaban J connectivity index is 1.87. The molecule has 0 atom stereocenters. The maximum Gasteiger partial charge on any atom is 0.0724 e. The molecule has 0 aliphatic heterocycles. The highest BCUT2D eigenvalue weighted by molar-refractivity contribution is 6.32. The number of fused-ring (bicyclic) bond motifs is 2. The summed E-state index contributed by atoms with van der Waals surface area (Å²) in [6, 6.07) is 26.8. The molecule has 0 bridgehead atoms. The molecule has 1 aromatic heterocycles. The second-order valence-corrected chi connectivity index (χ2v) is 8.35. The summed E-state index contributed by atoms with van der Waals surface area (Å²) in [5, 5.41) is 9.15. The highest BCUT2D eigenvalue weighted by Gasteiger charge is 2.15. The zero-order chi connectivity index (χ0) is 19.7. The third kappa shape index (κ3) is 2.37. The lowest BCUT2D eigenvalue weighted by Crippen LogP contribution is -1.93. The first-order valence-electron chi connectivity index (χ1n) is 10.1. The number of pyridine rings is 1. The van der Waals surface area contributed by atoms with Crippen molar-refractivity contribution in [3.05, 3.63) is 89.5 Å². The summed E-state index contributed by atoms with van der Waals surface area (Å²) in [7, 11) is 0. The Kier molecular flexibility index (Phi) is 3.29. The van der Waals surface area contributed by atoms with Crippen molar-refractivity contribution in [3.63, 3.8) is 0 Å². The van der Waals surface area contributed by atoms with Crippen LogP contribution in [0.15, 0.2) is 72.8 Å². The third-order valence-corrected chi connectivity index (χ3v) is 6.06. The first-order chi connectivity index (χ1) is 14.1. The normalized spacial score (nSPS) is 12.0. The van der Waals surface area contributed by atoms with E-state index in [9.17, 15) is 0 Å². The minimum absolute atomic E-state index is 1.05. The molecule has 1 heterocycles. The van der Waals surface area contributed by atoms with Crippen LogP contribution in [0.4, 0.5) is 0 Å². The molecule has 0 N–H and O–H groups in total. The van der Waals surface area contributed by atoms with Gasteiger partial charge in [-0.05, 0) is 82.9 Å². The van der Waals surface area contributed by atoms with E-state index in [1.807, 2.05) is 0 Å². The molecule has 0 amide bonds. The van der Waals surface area contributed by atoms with Crippen molar-refractivity contribution in [2.24, 2.45) is 0 Å². The van der Waals surface area contributed by atoms with Gasteiger partial charge in [-0.25, -0.2) is 4.98 Å². The van der Waals surface area contributed by atoms with Crippen LogP contribution in [0.1, 0.15) is 16.7 Å². The van der Waals surface area contributed by atoms with Crippen LogP contribution >= 0.6 is 0 Å². The predicted molar refractivity (Wildman–Crippen MR) is 125 cm³/mol. The van der Waals surface area contributed by atoms with Crippen LogP contribution in [0.3, 0.4) is 0 Å². The molecule has 6 aromatic rings. The van der Waals surface area contributed by atoms with Crippen LogP contribution in [0.25, 0.3) is 54.5 Å². The highest BCUT2D eigenvalue weighted by Crippen LogP contribution is 2.41. The van der Waals surface area contributed by atoms with Crippen LogP contribution in [0, 0.1) is 20.8 Å². The van der Waals surface area contributed by atoms with Gasteiger partial charge in [0.15, 0.2) is 0 Å². The lowest BCUT2D eigenvalue weighted by molar-refractivity contribution is 1.34. The lowest BCUT2D eigenvalue weighted by Gasteiger charge is -2.16. The maximum absolute atomic E-state index is 5.13. The SMILES string of the molecule is Cc1cc(C)cc(-c2cc3c4cccc5cccc(c6cc(C)cc(n2)c63)c54)c1. The predicted octanol–water partition coefficient (Wildman–Crippen LogP) is 7.72. The monoisotopic (exact) mass is 371 g/mol. The van der Waals surface area contributed by atoms with Crippen molar-refractivity contribution in [1.29, 1.82) is 0 Å². The summed E-state index contributed by atoms with van der Waals surface area (Å²) < 4.78 is 0. The number of hydrogen-bond donors (Lipinski definition) is 0. The maximum atomic E-state index is 5.13. The fourth-order valence-corrected chi connectivity index (χ4v) is 4.99. The summed E-state index contributed by atoms with van der Waals surface area (Å²) in [5.74, 6) is 0. The molecule has 138 valence electrons. The number of nitrogens with zero attached hydrogens (tertiary/aromatic N) is 1. The van der Waals surface area contributed by atoms with Crippen molar-refractivity contribution in [3.8, 4) is 11.3 Å². The number of aryl methyl sites for hydroxylation is 3. The number of benzene rings is 5. The number of hydrogen-bond acceptors (Lipinski definition) is 1. The van der Waals surface area contributed by atoms with Gasteiger partial charge in [-0.15, -0.1) is 0 Å². The van der Waals surface area contributed by atoms with E-state index in [-0.39, 0.29) is 0 Å². The molecule has 0 saturated carbocycles. The van der Waals surface area contributed by atoms with E-state index >= 15 is 0 Å². The molecular weight excluding hydrogens is 350 g/mol. The van der Waals surface area contributed by atoms with E-state index in [0.717, 1.165) is 11.2 Å². The van der Waals surface area contributed by atoms with Gasteiger partial charge in [0.1, 0.15) is 0 Å². The quantitative estimate of drug-likeness (QED) is 0.213. The zero-order valence-electron chi connectivity index (χ0n) is 16.9. The van der Waals surface area contributed by atoms with Crippen LogP contribution < -0.4 is 0 Å². The van der Waals surface area contributed by atoms with Crippen LogP contribution in [0.5, 0.6) is 0 Å². The van der Waals surface area contributed by atoms with Gasteiger partial charge in [-0.2, -0.15) is 0 Å². The Morgan fingerprint density at radius 1 is 0.552 bits per heavy atom. The third-order valence-electron chi connectivity index (χ3n) is 6.06. The first-order valence-corrected chi connectivity index (χ1v) is 10.1. The summed E-state index contributed by atoms with van der Waals surface area (Å²) in [6.45, 7) is 6.48. The second kappa shape index (κ2) is 5.78. The summed E-state index contributed by atoms with van der Waals surface area (Å²) in [6.07, 6.45) is 0. The topological polar surface area (TPSA) is 12.9 Å². The Morgan fingerprint density at radius 3 is 1.86 bits per heavy atom. The molecule has 6 rings (SSSR count). The number of rotatable bonds is 1. The average Bonchev–Trinajstić information content (AvgIpc) is 2.70. The molecule has 0 saturated heterocycles. The largest absolute Gasteiger partial charge is 0.248 e. The van der Waals surface area contributed by atoms with Crippen LogP contribution in [-0.4, -0.2) is 4.98 Å². The number of aromatic nitrogens is 1. The Hall–Kier alpha value is -3.45. The van der Waals surface area contributed by atoms with Gasteiger partial charge in [0, 0.05) is 10.9 Å². The molecule has 1 nitrogen and oxygen atoms in total. The van der Waals surface area contributed by atoms with E-state index in [2.05, 4.69) is 93.6 Å². The van der Waals surface area contributed by atoms with Crippen molar-refractivity contribution < 1.29 is 0 Å². The minimum Gasteiger partial charge on any atom is -0.248 e. The Labute approximate surface area is 170 Å². The summed E-state index contributed by atoms with van der Waals surface area (Å²) >= 11 is 0. The summed E-state index contributed by atoms with van der Waals surface area (Å²) in [5.41, 5.74) is 7.11.